The Bertz CT molecular complexity index is 1510. The van der Waals surface area contributed by atoms with E-state index in [0.717, 1.165) is 12.1 Å². The Morgan fingerprint density at radius 2 is 1.73 bits per heavy atom. The highest BCUT2D eigenvalue weighted by Crippen LogP contribution is 2.35. The molecule has 3 aromatic rings. The molecule has 1 saturated heterocycles. The number of piperidine rings is 1. The summed E-state index contributed by atoms with van der Waals surface area (Å²) in [5.74, 6) is -9.92. The van der Waals surface area contributed by atoms with Crippen molar-refractivity contribution in [2.24, 2.45) is 27.2 Å². The summed E-state index contributed by atoms with van der Waals surface area (Å²) in [5.41, 5.74) is 17.7. The van der Waals surface area contributed by atoms with Gasteiger partial charge in [0.05, 0.1) is 11.6 Å². The lowest BCUT2D eigenvalue weighted by atomic mass is 10.0. The van der Waals surface area contributed by atoms with Crippen LogP contribution in [0.15, 0.2) is 34.3 Å². The summed E-state index contributed by atoms with van der Waals surface area (Å²) in [4.78, 5) is 21.4. The average Bonchev–Trinajstić information content (AvgIpc) is 3.25. The van der Waals surface area contributed by atoms with E-state index in [1.807, 2.05) is 0 Å². The Morgan fingerprint density at radius 1 is 1.05 bits per heavy atom. The number of likely N-dealkylation sites (tertiary alicyclic amines) is 1. The summed E-state index contributed by atoms with van der Waals surface area (Å²) in [7, 11) is 1.45. The first kappa shape index (κ1) is 28.3. The van der Waals surface area contributed by atoms with E-state index in [2.05, 4.69) is 15.1 Å². The number of hydrogen-bond donors (Lipinski definition) is 3. The molecule has 15 heteroatoms. The van der Waals surface area contributed by atoms with Crippen LogP contribution >= 0.6 is 0 Å². The maximum atomic E-state index is 15.4. The van der Waals surface area contributed by atoms with E-state index in [-0.39, 0.29) is 41.7 Å². The molecule has 1 fully saturated rings. The van der Waals surface area contributed by atoms with Gasteiger partial charge in [0.1, 0.15) is 23.1 Å². The van der Waals surface area contributed by atoms with Crippen molar-refractivity contribution in [1.82, 2.24) is 14.7 Å². The number of amides is 2. The molecule has 0 spiro atoms. The number of amidine groups is 1. The van der Waals surface area contributed by atoms with E-state index < -0.39 is 46.6 Å². The van der Waals surface area contributed by atoms with Crippen LogP contribution in [0, 0.1) is 36.0 Å². The van der Waals surface area contributed by atoms with Crippen molar-refractivity contribution in [3.8, 4) is 22.8 Å². The molecular weight excluding hydrogens is 539 g/mol. The number of carbonyl (C=O) groups excluding carboxylic acids is 1. The molecule has 2 amide bonds. The standard InChI is InChI=1S/C25H25F5N8O2/c1-11-18(23(31)34-2)21(36-38(11)12-4-3-7-37(10-12)25(39)35-24(32)33)14-6-5-13(8-15(14)26)40-22-19(29)16(27)9-17(28)20(22)30/h5-6,8-9,12H,3-4,7,10H2,1-2H3,(H2,31,34)(H4,32,33,35,39). The molecule has 2 heterocycles. The Kier molecular flexibility index (Phi) is 7.93. The Labute approximate surface area is 224 Å². The van der Waals surface area contributed by atoms with Gasteiger partial charge in [0, 0.05) is 43.5 Å². The molecule has 0 radical (unpaired) electrons. The molecule has 1 aliphatic rings. The first-order chi connectivity index (χ1) is 18.9. The Morgan fingerprint density at radius 3 is 2.33 bits per heavy atom. The number of halogens is 5. The summed E-state index contributed by atoms with van der Waals surface area (Å²) in [6, 6.07) is 2.24. The van der Waals surface area contributed by atoms with Crippen molar-refractivity contribution >= 4 is 17.8 Å². The predicted molar refractivity (Wildman–Crippen MR) is 136 cm³/mol. The molecular formula is C25H25F5N8O2. The lowest BCUT2D eigenvalue weighted by Crippen LogP contribution is -2.41. The van der Waals surface area contributed by atoms with Crippen LogP contribution in [-0.2, 0) is 0 Å². The maximum absolute atomic E-state index is 15.4. The monoisotopic (exact) mass is 564 g/mol. The van der Waals surface area contributed by atoms with Crippen LogP contribution in [0.5, 0.6) is 11.5 Å². The number of rotatable bonds is 5. The molecule has 1 atom stereocenters. The fourth-order valence-electron chi connectivity index (χ4n) is 4.50. The predicted octanol–water partition coefficient (Wildman–Crippen LogP) is 3.71. The van der Waals surface area contributed by atoms with Crippen LogP contribution in [0.25, 0.3) is 11.3 Å². The van der Waals surface area contributed by atoms with Crippen LogP contribution < -0.4 is 21.9 Å². The summed E-state index contributed by atoms with van der Waals surface area (Å²) < 4.78 is 77.1. The van der Waals surface area contributed by atoms with E-state index in [1.165, 1.54) is 18.0 Å². The van der Waals surface area contributed by atoms with Crippen LogP contribution in [0.2, 0.25) is 0 Å². The van der Waals surface area contributed by atoms with Crippen molar-refractivity contribution in [3.05, 3.63) is 64.6 Å². The lowest BCUT2D eigenvalue weighted by Gasteiger charge is -2.32. The molecule has 0 saturated carbocycles. The van der Waals surface area contributed by atoms with Gasteiger partial charge in [-0.05, 0) is 31.9 Å². The highest BCUT2D eigenvalue weighted by Gasteiger charge is 2.30. The maximum Gasteiger partial charge on any atom is 0.346 e. The van der Waals surface area contributed by atoms with Gasteiger partial charge in [-0.3, -0.25) is 9.67 Å². The van der Waals surface area contributed by atoms with E-state index in [9.17, 15) is 22.4 Å². The quantitative estimate of drug-likeness (QED) is 0.186. The number of aliphatic imine (C=N–C) groups is 2. The minimum absolute atomic E-state index is 0.0312. The van der Waals surface area contributed by atoms with Gasteiger partial charge in [0.15, 0.2) is 17.6 Å². The second kappa shape index (κ2) is 11.2. The van der Waals surface area contributed by atoms with Crippen molar-refractivity contribution in [1.29, 1.82) is 0 Å². The number of carbonyl (C=O) groups is 1. The zero-order chi connectivity index (χ0) is 29.3. The molecule has 212 valence electrons. The first-order valence-electron chi connectivity index (χ1n) is 11.9. The highest BCUT2D eigenvalue weighted by molar-refractivity contribution is 6.03. The summed E-state index contributed by atoms with van der Waals surface area (Å²) in [6.45, 7) is 2.36. The zero-order valence-electron chi connectivity index (χ0n) is 21.4. The number of nitrogens with two attached hydrogens (primary N) is 3. The molecule has 6 N–H and O–H groups in total. The second-order valence-corrected chi connectivity index (χ2v) is 8.96. The summed E-state index contributed by atoms with van der Waals surface area (Å²) in [5, 5.41) is 4.59. The SMILES string of the molecule is CN=C(N)c1c(-c2ccc(Oc3c(F)c(F)cc(F)c3F)cc2F)nn(C2CCCN(C(=O)N=C(N)N)C2)c1C. The largest absolute Gasteiger partial charge is 0.451 e. The molecule has 0 bridgehead atoms. The van der Waals surface area contributed by atoms with Gasteiger partial charge in [-0.2, -0.15) is 18.9 Å². The third-order valence-corrected chi connectivity index (χ3v) is 6.37. The average molecular weight is 565 g/mol. The van der Waals surface area contributed by atoms with Gasteiger partial charge >= 0.3 is 6.03 Å². The molecule has 1 aliphatic heterocycles. The van der Waals surface area contributed by atoms with Crippen molar-refractivity contribution < 1.29 is 31.5 Å². The molecule has 0 aliphatic carbocycles. The van der Waals surface area contributed by atoms with E-state index in [4.69, 9.17) is 21.9 Å². The smallest absolute Gasteiger partial charge is 0.346 e. The normalized spacial score (nSPS) is 15.7. The van der Waals surface area contributed by atoms with Crippen LogP contribution in [-0.4, -0.2) is 52.6 Å². The third kappa shape index (κ3) is 5.39. The summed E-state index contributed by atoms with van der Waals surface area (Å²) in [6.07, 6.45) is 1.25. The fourth-order valence-corrected chi connectivity index (χ4v) is 4.50. The van der Waals surface area contributed by atoms with Crippen LogP contribution in [0.1, 0.15) is 30.1 Å². The number of ether oxygens (including phenoxy) is 1. The minimum atomic E-state index is -1.77. The number of hydrogen-bond acceptors (Lipinski definition) is 4. The van der Waals surface area contributed by atoms with E-state index in [0.29, 0.717) is 30.6 Å². The number of aromatic nitrogens is 2. The molecule has 4 rings (SSSR count). The molecule has 1 aromatic heterocycles. The minimum Gasteiger partial charge on any atom is -0.451 e. The van der Waals surface area contributed by atoms with Gasteiger partial charge in [0.2, 0.25) is 17.4 Å². The number of urea groups is 1. The Hall–Kier alpha value is -4.69. The van der Waals surface area contributed by atoms with Crippen molar-refractivity contribution in [2.45, 2.75) is 25.8 Å². The number of nitrogens with zero attached hydrogens (tertiary/aromatic N) is 5. The Balaban J connectivity index is 1.72. The van der Waals surface area contributed by atoms with Crippen LogP contribution in [0.3, 0.4) is 0 Å². The summed E-state index contributed by atoms with van der Waals surface area (Å²) >= 11 is 0. The first-order valence-corrected chi connectivity index (χ1v) is 11.9. The van der Waals surface area contributed by atoms with Crippen molar-refractivity contribution in [3.63, 3.8) is 0 Å². The second-order valence-electron chi connectivity index (χ2n) is 8.96. The molecule has 2 aromatic carbocycles. The van der Waals surface area contributed by atoms with Gasteiger partial charge in [-0.1, -0.05) is 0 Å². The van der Waals surface area contributed by atoms with Crippen LogP contribution in [0.4, 0.5) is 26.7 Å². The van der Waals surface area contributed by atoms with Gasteiger partial charge < -0.3 is 26.8 Å². The molecule has 40 heavy (non-hydrogen) atoms. The number of benzene rings is 2. The number of guanidine groups is 1. The van der Waals surface area contributed by atoms with Gasteiger partial charge in [-0.25, -0.2) is 18.0 Å². The van der Waals surface area contributed by atoms with Crippen molar-refractivity contribution in [2.75, 3.05) is 20.1 Å². The van der Waals surface area contributed by atoms with E-state index in [1.54, 1.807) is 11.6 Å². The fraction of sp³-hybridized carbons (Fsp3) is 0.280. The lowest BCUT2D eigenvalue weighted by molar-refractivity contribution is 0.171. The van der Waals surface area contributed by atoms with E-state index >= 15 is 4.39 Å². The molecule has 1 unspecified atom stereocenters. The van der Waals surface area contributed by atoms with Gasteiger partial charge in [-0.15, -0.1) is 0 Å². The molecule has 10 nitrogen and oxygen atoms in total. The highest BCUT2D eigenvalue weighted by atomic mass is 19.2. The topological polar surface area (TPSA) is 150 Å². The third-order valence-electron chi connectivity index (χ3n) is 6.37. The zero-order valence-corrected chi connectivity index (χ0v) is 21.4. The van der Waals surface area contributed by atoms with Gasteiger partial charge in [0.25, 0.3) is 0 Å².